The molecule has 1 aromatic heterocycles. The highest BCUT2D eigenvalue weighted by Gasteiger charge is 2.20. The van der Waals surface area contributed by atoms with Crippen LogP contribution in [0.5, 0.6) is 0 Å². The van der Waals surface area contributed by atoms with Crippen molar-refractivity contribution in [3.8, 4) is 6.07 Å². The van der Waals surface area contributed by atoms with Crippen molar-refractivity contribution < 1.29 is 5.11 Å². The van der Waals surface area contributed by atoms with Gasteiger partial charge in [0.05, 0.1) is 18.2 Å². The van der Waals surface area contributed by atoms with E-state index >= 15 is 0 Å². The molecule has 90 valence electrons. The van der Waals surface area contributed by atoms with Crippen molar-refractivity contribution in [3.05, 3.63) is 22.9 Å². The highest BCUT2D eigenvalue weighted by molar-refractivity contribution is 5.56. The number of rotatable bonds is 3. The molecule has 1 unspecified atom stereocenters. The molecule has 1 N–H and O–H groups in total. The van der Waals surface area contributed by atoms with Crippen molar-refractivity contribution in [2.24, 2.45) is 0 Å². The number of aliphatic hydroxyl groups is 1. The Kier molecular flexibility index (Phi) is 3.30. The molecular weight excluding hydrogens is 214 g/mol. The fraction of sp³-hybridized carbons (Fsp3) is 0.538. The van der Waals surface area contributed by atoms with E-state index in [0.29, 0.717) is 11.4 Å². The molecule has 0 saturated heterocycles. The Balaban J connectivity index is 2.43. The van der Waals surface area contributed by atoms with Crippen LogP contribution in [0.2, 0.25) is 0 Å². The second-order valence-electron chi connectivity index (χ2n) is 4.57. The minimum absolute atomic E-state index is 0.0333. The van der Waals surface area contributed by atoms with Crippen LogP contribution in [0.25, 0.3) is 0 Å². The van der Waals surface area contributed by atoms with Crippen LogP contribution < -0.4 is 4.90 Å². The van der Waals surface area contributed by atoms with Crippen LogP contribution in [0.1, 0.15) is 30.2 Å². The molecule has 0 saturated carbocycles. The summed E-state index contributed by atoms with van der Waals surface area (Å²) in [5.74, 6) is 0.690. The second-order valence-corrected chi connectivity index (χ2v) is 4.57. The van der Waals surface area contributed by atoms with E-state index in [4.69, 9.17) is 0 Å². The van der Waals surface area contributed by atoms with Gasteiger partial charge in [0, 0.05) is 12.7 Å². The summed E-state index contributed by atoms with van der Waals surface area (Å²) in [4.78, 5) is 6.46. The van der Waals surface area contributed by atoms with E-state index < -0.39 is 0 Å². The molecular formula is C13H17N3O. The average molecular weight is 231 g/mol. The van der Waals surface area contributed by atoms with Gasteiger partial charge in [-0.15, -0.1) is 0 Å². The molecule has 0 aromatic carbocycles. The highest BCUT2D eigenvalue weighted by Crippen LogP contribution is 2.27. The van der Waals surface area contributed by atoms with Gasteiger partial charge in [-0.05, 0) is 37.8 Å². The average Bonchev–Trinajstić information content (AvgIpc) is 2.82. The van der Waals surface area contributed by atoms with Crippen LogP contribution in [-0.2, 0) is 12.8 Å². The molecule has 4 nitrogen and oxygen atoms in total. The van der Waals surface area contributed by atoms with E-state index in [2.05, 4.69) is 11.1 Å². The van der Waals surface area contributed by atoms with Crippen LogP contribution in [0.4, 0.5) is 5.82 Å². The molecule has 0 aliphatic heterocycles. The van der Waals surface area contributed by atoms with Crippen molar-refractivity contribution in [1.82, 2.24) is 4.98 Å². The standard InChI is InChI=1S/C13H17N3O/c1-9(8-17)16(2)13-11(7-14)6-10-4-3-5-12(10)15-13/h6,9,17H,3-5,8H2,1-2H3. The van der Waals surface area contributed by atoms with E-state index in [1.54, 1.807) is 0 Å². The third kappa shape index (κ3) is 2.11. The molecule has 0 bridgehead atoms. The SMILES string of the molecule is CC(CO)N(C)c1nc2c(cc1C#N)CCC2. The first-order chi connectivity index (χ1) is 8.17. The number of hydrogen-bond acceptors (Lipinski definition) is 4. The maximum absolute atomic E-state index is 9.17. The quantitative estimate of drug-likeness (QED) is 0.850. The summed E-state index contributed by atoms with van der Waals surface area (Å²) >= 11 is 0. The number of likely N-dealkylation sites (N-methyl/N-ethyl adjacent to an activating group) is 1. The van der Waals surface area contributed by atoms with Gasteiger partial charge in [-0.3, -0.25) is 0 Å². The summed E-state index contributed by atoms with van der Waals surface area (Å²) in [5.41, 5.74) is 2.92. The lowest BCUT2D eigenvalue weighted by Crippen LogP contribution is -2.33. The normalized spacial score (nSPS) is 15.2. The third-order valence-corrected chi connectivity index (χ3v) is 3.41. The Labute approximate surface area is 102 Å². The molecule has 0 radical (unpaired) electrons. The van der Waals surface area contributed by atoms with E-state index in [9.17, 15) is 10.4 Å². The van der Waals surface area contributed by atoms with Gasteiger partial charge in [-0.2, -0.15) is 5.26 Å². The van der Waals surface area contributed by atoms with E-state index in [-0.39, 0.29) is 12.6 Å². The molecule has 0 spiro atoms. The summed E-state index contributed by atoms with van der Waals surface area (Å²) in [5, 5.41) is 18.3. The lowest BCUT2D eigenvalue weighted by molar-refractivity contribution is 0.269. The maximum Gasteiger partial charge on any atom is 0.146 e. The largest absolute Gasteiger partial charge is 0.394 e. The maximum atomic E-state index is 9.17. The van der Waals surface area contributed by atoms with E-state index in [0.717, 1.165) is 25.0 Å². The fourth-order valence-electron chi connectivity index (χ4n) is 2.14. The molecule has 1 heterocycles. The van der Waals surface area contributed by atoms with Gasteiger partial charge in [0.15, 0.2) is 0 Å². The van der Waals surface area contributed by atoms with Gasteiger partial charge in [0.1, 0.15) is 11.9 Å². The van der Waals surface area contributed by atoms with Crippen LogP contribution in [-0.4, -0.2) is 29.8 Å². The molecule has 1 aliphatic carbocycles. The molecule has 0 fully saturated rings. The Morgan fingerprint density at radius 2 is 2.35 bits per heavy atom. The van der Waals surface area contributed by atoms with E-state index in [1.807, 2.05) is 24.9 Å². The number of pyridine rings is 1. The van der Waals surface area contributed by atoms with Crippen molar-refractivity contribution in [1.29, 1.82) is 5.26 Å². The number of aromatic nitrogens is 1. The number of aryl methyl sites for hydroxylation is 2. The molecule has 2 rings (SSSR count). The Bertz CT molecular complexity index is 464. The zero-order valence-electron chi connectivity index (χ0n) is 10.3. The van der Waals surface area contributed by atoms with Gasteiger partial charge in [0.2, 0.25) is 0 Å². The Hall–Kier alpha value is -1.60. The number of nitrogens with zero attached hydrogens (tertiary/aromatic N) is 3. The predicted molar refractivity (Wildman–Crippen MR) is 65.9 cm³/mol. The summed E-state index contributed by atoms with van der Waals surface area (Å²) in [7, 11) is 1.87. The predicted octanol–water partition coefficient (Wildman–Crippen LogP) is 1.26. The highest BCUT2D eigenvalue weighted by atomic mass is 16.3. The third-order valence-electron chi connectivity index (χ3n) is 3.41. The van der Waals surface area contributed by atoms with E-state index in [1.165, 1.54) is 5.56 Å². The zero-order valence-corrected chi connectivity index (χ0v) is 10.3. The topological polar surface area (TPSA) is 60.1 Å². The van der Waals surface area contributed by atoms with Crippen molar-refractivity contribution in [2.75, 3.05) is 18.6 Å². The van der Waals surface area contributed by atoms with Crippen LogP contribution in [0, 0.1) is 11.3 Å². The van der Waals surface area contributed by atoms with Gasteiger partial charge >= 0.3 is 0 Å². The number of hydrogen-bond donors (Lipinski definition) is 1. The minimum atomic E-state index is -0.0333. The molecule has 1 aromatic rings. The fourth-order valence-corrected chi connectivity index (χ4v) is 2.14. The summed E-state index contributed by atoms with van der Waals surface area (Å²) < 4.78 is 0. The summed E-state index contributed by atoms with van der Waals surface area (Å²) in [6.07, 6.45) is 3.14. The molecule has 1 atom stereocenters. The van der Waals surface area contributed by atoms with Gasteiger partial charge in [0.25, 0.3) is 0 Å². The molecule has 17 heavy (non-hydrogen) atoms. The Morgan fingerprint density at radius 3 is 3.00 bits per heavy atom. The Morgan fingerprint density at radius 1 is 1.59 bits per heavy atom. The van der Waals surface area contributed by atoms with Crippen LogP contribution >= 0.6 is 0 Å². The van der Waals surface area contributed by atoms with Crippen molar-refractivity contribution in [2.45, 2.75) is 32.2 Å². The number of fused-ring (bicyclic) bond motifs is 1. The molecule has 0 amide bonds. The summed E-state index contributed by atoms with van der Waals surface area (Å²) in [6, 6.07) is 4.12. The number of anilines is 1. The molecule has 1 aliphatic rings. The van der Waals surface area contributed by atoms with Crippen molar-refractivity contribution in [3.63, 3.8) is 0 Å². The lowest BCUT2D eigenvalue weighted by Gasteiger charge is -2.25. The van der Waals surface area contributed by atoms with Gasteiger partial charge in [-0.1, -0.05) is 0 Å². The first-order valence-corrected chi connectivity index (χ1v) is 5.94. The first-order valence-electron chi connectivity index (χ1n) is 5.94. The lowest BCUT2D eigenvalue weighted by atomic mass is 10.1. The van der Waals surface area contributed by atoms with Crippen molar-refractivity contribution >= 4 is 5.82 Å². The smallest absolute Gasteiger partial charge is 0.146 e. The number of aliphatic hydroxyl groups excluding tert-OH is 1. The first kappa shape index (κ1) is 11.9. The van der Waals surface area contributed by atoms with Gasteiger partial charge < -0.3 is 10.0 Å². The minimum Gasteiger partial charge on any atom is -0.394 e. The number of nitriles is 1. The van der Waals surface area contributed by atoms with Crippen LogP contribution in [0.15, 0.2) is 6.07 Å². The molecule has 4 heteroatoms. The second kappa shape index (κ2) is 4.72. The zero-order chi connectivity index (χ0) is 12.4. The summed E-state index contributed by atoms with van der Waals surface area (Å²) in [6.45, 7) is 1.97. The monoisotopic (exact) mass is 231 g/mol. The van der Waals surface area contributed by atoms with Crippen LogP contribution in [0.3, 0.4) is 0 Å². The van der Waals surface area contributed by atoms with Gasteiger partial charge in [-0.25, -0.2) is 4.98 Å².